The molecule has 0 atom stereocenters. The van der Waals surface area contributed by atoms with Gasteiger partial charge in [0, 0.05) is 37.3 Å². The Bertz CT molecular complexity index is 738. The van der Waals surface area contributed by atoms with E-state index in [1.54, 1.807) is 12.1 Å². The van der Waals surface area contributed by atoms with Crippen molar-refractivity contribution >= 4 is 35.0 Å². The molecular weight excluding hydrogens is 322 g/mol. The van der Waals surface area contributed by atoms with Gasteiger partial charge in [0.2, 0.25) is 5.91 Å². The van der Waals surface area contributed by atoms with Crippen molar-refractivity contribution in [3.05, 3.63) is 65.2 Å². The summed E-state index contributed by atoms with van der Waals surface area (Å²) in [5, 5.41) is 0.635. The second-order valence-corrected chi connectivity index (χ2v) is 6.20. The summed E-state index contributed by atoms with van der Waals surface area (Å²) in [6.07, 6.45) is 3.49. The normalized spacial score (nSPS) is 15.0. The molecule has 124 valence electrons. The second kappa shape index (κ2) is 7.41. The zero-order valence-electron chi connectivity index (χ0n) is 13.4. The van der Waals surface area contributed by atoms with Gasteiger partial charge in [-0.15, -0.1) is 0 Å². The van der Waals surface area contributed by atoms with Crippen molar-refractivity contribution < 1.29 is 4.79 Å². The van der Waals surface area contributed by atoms with Crippen LogP contribution in [0, 0.1) is 0 Å². The van der Waals surface area contributed by atoms with Crippen LogP contribution in [0.25, 0.3) is 6.08 Å². The summed E-state index contributed by atoms with van der Waals surface area (Å²) < 4.78 is 0. The Labute approximate surface area is 147 Å². The minimum Gasteiger partial charge on any atom is -0.397 e. The average Bonchev–Trinajstić information content (AvgIpc) is 2.61. The summed E-state index contributed by atoms with van der Waals surface area (Å²) in [4.78, 5) is 16.4. The maximum Gasteiger partial charge on any atom is 0.246 e. The van der Waals surface area contributed by atoms with E-state index < -0.39 is 0 Å². The van der Waals surface area contributed by atoms with E-state index in [9.17, 15) is 4.79 Å². The Hall–Kier alpha value is -2.46. The Kier molecular flexibility index (Phi) is 5.06. The van der Waals surface area contributed by atoms with Crippen LogP contribution in [0.1, 0.15) is 5.56 Å². The van der Waals surface area contributed by atoms with E-state index in [-0.39, 0.29) is 5.91 Å². The van der Waals surface area contributed by atoms with Crippen LogP contribution in [0.15, 0.2) is 54.6 Å². The minimum atomic E-state index is 0.0441. The van der Waals surface area contributed by atoms with Crippen LogP contribution in [-0.2, 0) is 4.79 Å². The highest BCUT2D eigenvalue weighted by Gasteiger charge is 2.21. The number of carbonyl (C=O) groups is 1. The molecule has 1 saturated heterocycles. The fraction of sp³-hybridized carbons (Fsp3) is 0.211. The number of piperazine rings is 1. The number of halogens is 1. The van der Waals surface area contributed by atoms with Gasteiger partial charge >= 0.3 is 0 Å². The van der Waals surface area contributed by atoms with E-state index in [2.05, 4.69) is 4.90 Å². The van der Waals surface area contributed by atoms with Crippen LogP contribution >= 0.6 is 11.6 Å². The Morgan fingerprint density at radius 1 is 1.04 bits per heavy atom. The van der Waals surface area contributed by atoms with Crippen LogP contribution in [0.5, 0.6) is 0 Å². The highest BCUT2D eigenvalue weighted by molar-refractivity contribution is 6.31. The van der Waals surface area contributed by atoms with Gasteiger partial charge in [-0.05, 0) is 29.8 Å². The first-order chi connectivity index (χ1) is 11.6. The zero-order chi connectivity index (χ0) is 16.9. The molecule has 1 amide bonds. The lowest BCUT2D eigenvalue weighted by Crippen LogP contribution is -2.48. The monoisotopic (exact) mass is 341 g/mol. The first kappa shape index (κ1) is 16.4. The summed E-state index contributed by atoms with van der Waals surface area (Å²) in [5.41, 5.74) is 8.72. The molecule has 2 aromatic rings. The summed E-state index contributed by atoms with van der Waals surface area (Å²) in [7, 11) is 0. The van der Waals surface area contributed by atoms with Gasteiger partial charge in [0.15, 0.2) is 0 Å². The van der Waals surface area contributed by atoms with E-state index in [0.29, 0.717) is 23.8 Å². The lowest BCUT2D eigenvalue weighted by atomic mass is 10.2. The van der Waals surface area contributed by atoms with Gasteiger partial charge in [-0.25, -0.2) is 0 Å². The molecule has 0 saturated carbocycles. The van der Waals surface area contributed by atoms with Crippen molar-refractivity contribution in [2.75, 3.05) is 36.8 Å². The Morgan fingerprint density at radius 3 is 2.42 bits per heavy atom. The highest BCUT2D eigenvalue weighted by atomic mass is 35.5. The quantitative estimate of drug-likeness (QED) is 0.688. The molecule has 0 unspecified atom stereocenters. The smallest absolute Gasteiger partial charge is 0.246 e. The molecule has 2 N–H and O–H groups in total. The molecule has 0 aliphatic carbocycles. The predicted molar refractivity (Wildman–Crippen MR) is 100 cm³/mol. The highest BCUT2D eigenvalue weighted by Crippen LogP contribution is 2.27. The van der Waals surface area contributed by atoms with Crippen molar-refractivity contribution in [3.63, 3.8) is 0 Å². The van der Waals surface area contributed by atoms with Crippen LogP contribution in [0.2, 0.25) is 5.02 Å². The summed E-state index contributed by atoms with van der Waals surface area (Å²) in [6.45, 7) is 2.88. The van der Waals surface area contributed by atoms with Gasteiger partial charge in [-0.3, -0.25) is 4.79 Å². The number of benzene rings is 2. The molecular formula is C19H20ClN3O. The lowest BCUT2D eigenvalue weighted by Gasteiger charge is -2.36. The number of nitrogens with two attached hydrogens (primary N) is 1. The van der Waals surface area contributed by atoms with E-state index in [1.807, 2.05) is 53.4 Å². The van der Waals surface area contributed by atoms with E-state index in [4.69, 9.17) is 17.3 Å². The Balaban J connectivity index is 1.58. The molecule has 24 heavy (non-hydrogen) atoms. The third-order valence-electron chi connectivity index (χ3n) is 4.14. The topological polar surface area (TPSA) is 49.6 Å². The number of carbonyl (C=O) groups excluding carboxylic acids is 1. The molecule has 5 heteroatoms. The third-order valence-corrected chi connectivity index (χ3v) is 4.37. The van der Waals surface area contributed by atoms with Gasteiger partial charge < -0.3 is 15.5 Å². The molecule has 1 heterocycles. The number of anilines is 2. The lowest BCUT2D eigenvalue weighted by molar-refractivity contribution is -0.126. The number of nitrogens with zero attached hydrogens (tertiary/aromatic N) is 2. The maximum atomic E-state index is 12.3. The summed E-state index contributed by atoms with van der Waals surface area (Å²) >= 11 is 5.95. The van der Waals surface area contributed by atoms with E-state index in [1.165, 1.54) is 0 Å². The molecule has 1 aliphatic rings. The first-order valence-corrected chi connectivity index (χ1v) is 8.33. The van der Waals surface area contributed by atoms with Crippen molar-refractivity contribution in [2.24, 2.45) is 0 Å². The van der Waals surface area contributed by atoms with Crippen molar-refractivity contribution in [1.29, 1.82) is 0 Å². The van der Waals surface area contributed by atoms with Crippen LogP contribution in [0.4, 0.5) is 11.4 Å². The molecule has 2 aromatic carbocycles. The first-order valence-electron chi connectivity index (χ1n) is 7.95. The minimum absolute atomic E-state index is 0.0441. The number of rotatable bonds is 3. The number of hydrogen-bond acceptors (Lipinski definition) is 3. The van der Waals surface area contributed by atoms with Crippen LogP contribution in [0.3, 0.4) is 0 Å². The second-order valence-electron chi connectivity index (χ2n) is 5.76. The number of nitrogen functional groups attached to an aromatic ring is 1. The largest absolute Gasteiger partial charge is 0.397 e. The van der Waals surface area contributed by atoms with E-state index >= 15 is 0 Å². The van der Waals surface area contributed by atoms with E-state index in [0.717, 1.165) is 24.3 Å². The van der Waals surface area contributed by atoms with Crippen molar-refractivity contribution in [3.8, 4) is 0 Å². The van der Waals surface area contributed by atoms with Gasteiger partial charge in [0.05, 0.1) is 11.4 Å². The molecule has 0 aromatic heterocycles. The third kappa shape index (κ3) is 3.89. The molecule has 1 aliphatic heterocycles. The summed E-state index contributed by atoms with van der Waals surface area (Å²) in [5.74, 6) is 0.0441. The maximum absolute atomic E-state index is 12.3. The van der Waals surface area contributed by atoms with Gasteiger partial charge in [-0.1, -0.05) is 41.9 Å². The fourth-order valence-electron chi connectivity index (χ4n) is 2.82. The average molecular weight is 342 g/mol. The number of amides is 1. The summed E-state index contributed by atoms with van der Waals surface area (Å²) in [6, 6.07) is 15.4. The Morgan fingerprint density at radius 2 is 1.75 bits per heavy atom. The van der Waals surface area contributed by atoms with Crippen molar-refractivity contribution in [1.82, 2.24) is 4.90 Å². The van der Waals surface area contributed by atoms with Gasteiger partial charge in [0.25, 0.3) is 0 Å². The van der Waals surface area contributed by atoms with Crippen LogP contribution in [-0.4, -0.2) is 37.0 Å². The number of hydrogen-bond donors (Lipinski definition) is 1. The van der Waals surface area contributed by atoms with Crippen molar-refractivity contribution in [2.45, 2.75) is 0 Å². The zero-order valence-corrected chi connectivity index (χ0v) is 14.1. The van der Waals surface area contributed by atoms with Crippen LogP contribution < -0.4 is 10.6 Å². The van der Waals surface area contributed by atoms with Gasteiger partial charge in [0.1, 0.15) is 0 Å². The molecule has 1 fully saturated rings. The molecule has 0 bridgehead atoms. The molecule has 3 rings (SSSR count). The SMILES string of the molecule is Nc1cc(Cl)ccc1N1CCN(C(=O)/C=C/c2ccccc2)CC1. The standard InChI is InChI=1S/C19H20ClN3O/c20-16-7-8-18(17(21)14-16)22-10-12-23(13-11-22)19(24)9-6-15-4-2-1-3-5-15/h1-9,14H,10-13,21H2/b9-6+. The fourth-order valence-corrected chi connectivity index (χ4v) is 3.00. The molecule has 4 nitrogen and oxygen atoms in total. The predicted octanol–water partition coefficient (Wildman–Crippen LogP) is 3.28. The molecule has 0 radical (unpaired) electrons. The molecule has 0 spiro atoms. The van der Waals surface area contributed by atoms with Gasteiger partial charge in [-0.2, -0.15) is 0 Å².